The van der Waals surface area contributed by atoms with Crippen LogP contribution in [0.25, 0.3) is 0 Å². The van der Waals surface area contributed by atoms with Crippen molar-refractivity contribution in [2.45, 2.75) is 19.1 Å². The van der Waals surface area contributed by atoms with Crippen LogP contribution >= 0.6 is 0 Å². The molecule has 3 aromatic carbocycles. The molecule has 0 radical (unpaired) electrons. The van der Waals surface area contributed by atoms with E-state index in [0.717, 1.165) is 26.2 Å². The lowest BCUT2D eigenvalue weighted by Gasteiger charge is -2.39. The lowest BCUT2D eigenvalue weighted by atomic mass is 9.96. The van der Waals surface area contributed by atoms with Crippen LogP contribution in [0.5, 0.6) is 5.75 Å². The van der Waals surface area contributed by atoms with Crippen molar-refractivity contribution < 1.29 is 18.3 Å². The number of para-hydroxylation sites is 1. The van der Waals surface area contributed by atoms with Crippen molar-refractivity contribution in [1.29, 1.82) is 0 Å². The molecule has 0 aromatic heterocycles. The third-order valence-corrected chi connectivity index (χ3v) is 6.19. The third kappa shape index (κ3) is 7.19. The number of carbonyl (C=O) groups is 1. The number of alkyl halides is 2. The first kappa shape index (κ1) is 25.5. The van der Waals surface area contributed by atoms with Gasteiger partial charge in [0.2, 0.25) is 5.91 Å². The summed E-state index contributed by atoms with van der Waals surface area (Å²) in [6.07, 6.45) is 1.61. The van der Waals surface area contributed by atoms with Crippen LogP contribution < -0.4 is 10.2 Å². The largest absolute Gasteiger partial charge is 0.434 e. The van der Waals surface area contributed by atoms with Crippen molar-refractivity contribution in [1.82, 2.24) is 15.2 Å². The first-order valence-corrected chi connectivity index (χ1v) is 12.0. The zero-order valence-corrected chi connectivity index (χ0v) is 20.0. The summed E-state index contributed by atoms with van der Waals surface area (Å²) in [7, 11) is 0. The normalized spacial score (nSPS) is 15.0. The van der Waals surface area contributed by atoms with Crippen LogP contribution in [0.15, 0.2) is 90.0 Å². The van der Waals surface area contributed by atoms with Gasteiger partial charge in [0.25, 0.3) is 0 Å². The molecule has 0 saturated carbocycles. The summed E-state index contributed by atoms with van der Waals surface area (Å²) in [6.45, 7) is 1.23. The average molecular weight is 493 g/mol. The molecule has 1 aliphatic rings. The van der Waals surface area contributed by atoms with E-state index in [1.807, 2.05) is 12.1 Å². The monoisotopic (exact) mass is 492 g/mol. The number of carbonyl (C=O) groups excluding carboxylic acids is 1. The zero-order valence-electron chi connectivity index (χ0n) is 20.0. The van der Waals surface area contributed by atoms with Gasteiger partial charge in [0.1, 0.15) is 5.75 Å². The Balaban J connectivity index is 1.26. The van der Waals surface area contributed by atoms with Crippen molar-refractivity contribution in [2.24, 2.45) is 5.10 Å². The lowest BCUT2D eigenvalue weighted by Crippen LogP contribution is -2.48. The first-order chi connectivity index (χ1) is 17.6. The molecule has 1 N–H and O–H groups in total. The molecule has 1 heterocycles. The van der Waals surface area contributed by atoms with Gasteiger partial charge in [0, 0.05) is 44.7 Å². The maximum atomic E-state index is 12.5. The van der Waals surface area contributed by atoms with Crippen LogP contribution in [0.2, 0.25) is 0 Å². The van der Waals surface area contributed by atoms with E-state index in [2.05, 4.69) is 73.6 Å². The molecular formula is C28H30F2N4O2. The standard InChI is InChI=1S/C28H30F2N4O2/c29-28(30)36-25-14-8-7-13-24(25)21-31-32-26(35)15-16-33-17-19-34(20-18-33)27(22-9-3-1-4-10-22)23-11-5-2-6-12-23/h1-14,21,27-28H,15-20H2,(H,32,35)/b31-21+. The molecule has 36 heavy (non-hydrogen) atoms. The summed E-state index contributed by atoms with van der Waals surface area (Å²) < 4.78 is 29.5. The Hall–Kier alpha value is -3.62. The number of benzene rings is 3. The molecule has 188 valence electrons. The van der Waals surface area contributed by atoms with Gasteiger partial charge in [-0.2, -0.15) is 13.9 Å². The highest BCUT2D eigenvalue weighted by atomic mass is 19.3. The molecule has 8 heteroatoms. The van der Waals surface area contributed by atoms with Crippen LogP contribution in [0, 0.1) is 0 Å². The minimum Gasteiger partial charge on any atom is -0.434 e. The zero-order chi connectivity index (χ0) is 25.2. The van der Waals surface area contributed by atoms with Crippen LogP contribution in [0.4, 0.5) is 8.78 Å². The van der Waals surface area contributed by atoms with Gasteiger partial charge in [-0.05, 0) is 23.3 Å². The summed E-state index contributed by atoms with van der Waals surface area (Å²) in [4.78, 5) is 17.0. The van der Waals surface area contributed by atoms with Gasteiger partial charge in [0.15, 0.2) is 0 Å². The molecule has 1 amide bonds. The Bertz CT molecular complexity index is 1080. The van der Waals surface area contributed by atoms with Crippen molar-refractivity contribution >= 4 is 12.1 Å². The molecule has 6 nitrogen and oxygen atoms in total. The van der Waals surface area contributed by atoms with Crippen molar-refractivity contribution in [3.8, 4) is 5.75 Å². The minimum atomic E-state index is -2.93. The molecule has 4 rings (SSSR count). The van der Waals surface area contributed by atoms with E-state index < -0.39 is 6.61 Å². The number of rotatable bonds is 10. The number of hydrogen-bond acceptors (Lipinski definition) is 5. The lowest BCUT2D eigenvalue weighted by molar-refractivity contribution is -0.121. The van der Waals surface area contributed by atoms with Gasteiger partial charge in [0.05, 0.1) is 12.3 Å². The smallest absolute Gasteiger partial charge is 0.387 e. The van der Waals surface area contributed by atoms with Crippen LogP contribution in [0.3, 0.4) is 0 Å². The highest BCUT2D eigenvalue weighted by molar-refractivity contribution is 5.85. The van der Waals surface area contributed by atoms with E-state index in [1.165, 1.54) is 23.4 Å². The maximum Gasteiger partial charge on any atom is 0.387 e. The molecule has 0 bridgehead atoms. The topological polar surface area (TPSA) is 57.2 Å². The average Bonchev–Trinajstić information content (AvgIpc) is 2.90. The van der Waals surface area contributed by atoms with Gasteiger partial charge in [-0.1, -0.05) is 72.8 Å². The van der Waals surface area contributed by atoms with Crippen LogP contribution in [-0.2, 0) is 4.79 Å². The fraction of sp³-hybridized carbons (Fsp3) is 0.286. The van der Waals surface area contributed by atoms with E-state index >= 15 is 0 Å². The highest BCUT2D eigenvalue weighted by Gasteiger charge is 2.26. The SMILES string of the molecule is O=C(CCN1CCN(C(c2ccccc2)c2ccccc2)CC1)N/N=C/c1ccccc1OC(F)F. The summed E-state index contributed by atoms with van der Waals surface area (Å²) in [5.74, 6) is -0.222. The molecule has 1 aliphatic heterocycles. The highest BCUT2D eigenvalue weighted by Crippen LogP contribution is 2.29. The number of hydrazone groups is 1. The molecule has 0 spiro atoms. The van der Waals surface area contributed by atoms with Gasteiger partial charge in [-0.25, -0.2) is 5.43 Å². The molecule has 0 unspecified atom stereocenters. The number of halogens is 2. The fourth-order valence-corrected chi connectivity index (χ4v) is 4.41. The fourth-order valence-electron chi connectivity index (χ4n) is 4.41. The Labute approximate surface area is 210 Å². The summed E-state index contributed by atoms with van der Waals surface area (Å²) >= 11 is 0. The number of amides is 1. The second-order valence-electron chi connectivity index (χ2n) is 8.56. The Morgan fingerprint density at radius 3 is 2.08 bits per heavy atom. The first-order valence-electron chi connectivity index (χ1n) is 12.0. The van der Waals surface area contributed by atoms with Crippen molar-refractivity contribution in [2.75, 3.05) is 32.7 Å². The van der Waals surface area contributed by atoms with E-state index in [4.69, 9.17) is 0 Å². The second-order valence-corrected chi connectivity index (χ2v) is 8.56. The molecule has 1 saturated heterocycles. The van der Waals surface area contributed by atoms with E-state index in [0.29, 0.717) is 18.5 Å². The molecular weight excluding hydrogens is 462 g/mol. The van der Waals surface area contributed by atoms with Gasteiger partial charge in [-0.3, -0.25) is 9.69 Å². The summed E-state index contributed by atoms with van der Waals surface area (Å²) in [5, 5.41) is 3.90. The number of hydrogen-bond donors (Lipinski definition) is 1. The third-order valence-electron chi connectivity index (χ3n) is 6.19. The van der Waals surface area contributed by atoms with E-state index in [1.54, 1.807) is 18.2 Å². The number of ether oxygens (including phenoxy) is 1. The van der Waals surface area contributed by atoms with Crippen molar-refractivity contribution in [3.05, 3.63) is 102 Å². The van der Waals surface area contributed by atoms with E-state index in [-0.39, 0.29) is 17.7 Å². The summed E-state index contributed by atoms with van der Waals surface area (Å²) in [6, 6.07) is 27.6. The van der Waals surface area contributed by atoms with Gasteiger partial charge >= 0.3 is 6.61 Å². The summed E-state index contributed by atoms with van der Waals surface area (Å²) in [5.41, 5.74) is 5.38. The number of piperazine rings is 1. The quantitative estimate of drug-likeness (QED) is 0.334. The molecule has 0 atom stereocenters. The second kappa shape index (κ2) is 12.9. The number of nitrogens with zero attached hydrogens (tertiary/aromatic N) is 3. The predicted octanol–water partition coefficient (Wildman–Crippen LogP) is 4.54. The van der Waals surface area contributed by atoms with Crippen LogP contribution in [-0.4, -0.2) is 61.3 Å². The minimum absolute atomic E-state index is 0.00711. The predicted molar refractivity (Wildman–Crippen MR) is 136 cm³/mol. The van der Waals surface area contributed by atoms with Gasteiger partial charge < -0.3 is 9.64 Å². The Morgan fingerprint density at radius 2 is 1.47 bits per heavy atom. The Morgan fingerprint density at radius 1 is 0.889 bits per heavy atom. The maximum absolute atomic E-state index is 12.5. The Kier molecular flexibility index (Phi) is 9.13. The molecule has 3 aromatic rings. The van der Waals surface area contributed by atoms with E-state index in [9.17, 15) is 13.6 Å². The van der Waals surface area contributed by atoms with Crippen LogP contribution in [0.1, 0.15) is 29.2 Å². The number of nitrogens with one attached hydrogen (secondary N) is 1. The molecule has 1 fully saturated rings. The van der Waals surface area contributed by atoms with Gasteiger partial charge in [-0.15, -0.1) is 0 Å². The molecule has 0 aliphatic carbocycles. The van der Waals surface area contributed by atoms with Crippen molar-refractivity contribution in [3.63, 3.8) is 0 Å².